The highest BCUT2D eigenvalue weighted by Gasteiger charge is 2.18. The number of amides is 1. The first-order valence-electron chi connectivity index (χ1n) is 6.22. The highest BCUT2D eigenvalue weighted by Crippen LogP contribution is 2.20. The molecule has 0 unspecified atom stereocenters. The zero-order valence-electron chi connectivity index (χ0n) is 11.1. The monoisotopic (exact) mass is 255 g/mol. The summed E-state index contributed by atoms with van der Waals surface area (Å²) in [5, 5.41) is 0. The van der Waals surface area contributed by atoms with Crippen molar-refractivity contribution in [1.29, 1.82) is 0 Å². The second kappa shape index (κ2) is 5.52. The molecule has 1 heterocycles. The second-order valence-electron chi connectivity index (χ2n) is 4.32. The molecule has 0 bridgehead atoms. The summed E-state index contributed by atoms with van der Waals surface area (Å²) in [7, 11) is 0. The third kappa shape index (κ3) is 2.73. The van der Waals surface area contributed by atoms with Crippen molar-refractivity contribution in [3.05, 3.63) is 53.7 Å². The Morgan fingerprint density at radius 1 is 1.32 bits per heavy atom. The number of carbonyl (C=O) groups is 1. The molecule has 19 heavy (non-hydrogen) atoms. The van der Waals surface area contributed by atoms with Crippen molar-refractivity contribution < 1.29 is 4.79 Å². The van der Waals surface area contributed by atoms with E-state index < -0.39 is 0 Å². The molecule has 0 saturated carbocycles. The first kappa shape index (κ1) is 13.1. The number of carbonyl (C=O) groups excluding carboxylic acids is 1. The van der Waals surface area contributed by atoms with Crippen LogP contribution in [0.25, 0.3) is 0 Å². The number of rotatable bonds is 3. The number of pyridine rings is 1. The number of anilines is 2. The summed E-state index contributed by atoms with van der Waals surface area (Å²) >= 11 is 0. The van der Waals surface area contributed by atoms with Crippen LogP contribution in [0.15, 0.2) is 42.6 Å². The summed E-state index contributed by atoms with van der Waals surface area (Å²) in [6.45, 7) is 4.52. The summed E-state index contributed by atoms with van der Waals surface area (Å²) in [5.41, 5.74) is 8.18. The Morgan fingerprint density at radius 2 is 2.11 bits per heavy atom. The first-order chi connectivity index (χ1) is 9.13. The number of hydrogen-bond acceptors (Lipinski definition) is 3. The number of aromatic nitrogens is 1. The second-order valence-corrected chi connectivity index (χ2v) is 4.32. The zero-order chi connectivity index (χ0) is 13.8. The molecule has 2 N–H and O–H groups in total. The zero-order valence-corrected chi connectivity index (χ0v) is 11.1. The predicted molar refractivity (Wildman–Crippen MR) is 77.2 cm³/mol. The summed E-state index contributed by atoms with van der Waals surface area (Å²) in [4.78, 5) is 18.2. The van der Waals surface area contributed by atoms with Gasteiger partial charge in [-0.25, -0.2) is 4.98 Å². The highest BCUT2D eigenvalue weighted by molar-refractivity contribution is 6.08. The van der Waals surface area contributed by atoms with Gasteiger partial charge in [-0.3, -0.25) is 4.79 Å². The Bertz CT molecular complexity index is 595. The van der Waals surface area contributed by atoms with Crippen molar-refractivity contribution in [2.75, 3.05) is 17.2 Å². The van der Waals surface area contributed by atoms with E-state index in [2.05, 4.69) is 4.98 Å². The lowest BCUT2D eigenvalue weighted by molar-refractivity contribution is 0.0989. The Morgan fingerprint density at radius 3 is 2.74 bits per heavy atom. The van der Waals surface area contributed by atoms with Crippen molar-refractivity contribution in [2.24, 2.45) is 0 Å². The molecule has 1 amide bonds. The van der Waals surface area contributed by atoms with Crippen LogP contribution in [0, 0.1) is 6.92 Å². The number of nitrogens with zero attached hydrogens (tertiary/aromatic N) is 2. The minimum Gasteiger partial charge on any atom is -0.383 e. The molecule has 0 saturated heterocycles. The number of benzene rings is 1. The molecule has 0 aliphatic carbocycles. The summed E-state index contributed by atoms with van der Waals surface area (Å²) in [6.07, 6.45) is 1.58. The lowest BCUT2D eigenvalue weighted by Crippen LogP contribution is -2.31. The number of aryl methyl sites for hydroxylation is 1. The maximum Gasteiger partial charge on any atom is 0.261 e. The molecule has 0 radical (unpaired) electrons. The average Bonchev–Trinajstić information content (AvgIpc) is 2.40. The van der Waals surface area contributed by atoms with Gasteiger partial charge in [-0.15, -0.1) is 0 Å². The topological polar surface area (TPSA) is 59.2 Å². The van der Waals surface area contributed by atoms with Gasteiger partial charge in [0.1, 0.15) is 5.82 Å². The molecule has 2 rings (SSSR count). The van der Waals surface area contributed by atoms with E-state index in [0.717, 1.165) is 11.3 Å². The van der Waals surface area contributed by atoms with Gasteiger partial charge < -0.3 is 10.6 Å². The van der Waals surface area contributed by atoms with Crippen molar-refractivity contribution in [1.82, 2.24) is 4.98 Å². The molecule has 0 fully saturated rings. The van der Waals surface area contributed by atoms with Crippen LogP contribution in [0.3, 0.4) is 0 Å². The number of hydrogen-bond donors (Lipinski definition) is 1. The van der Waals surface area contributed by atoms with E-state index in [1.54, 1.807) is 23.2 Å². The average molecular weight is 255 g/mol. The molecular formula is C15H17N3O. The minimum absolute atomic E-state index is 0.126. The van der Waals surface area contributed by atoms with Gasteiger partial charge in [-0.05, 0) is 43.7 Å². The summed E-state index contributed by atoms with van der Waals surface area (Å²) in [5.74, 6) is 0.136. The third-order valence-corrected chi connectivity index (χ3v) is 2.94. The molecule has 0 atom stereocenters. The van der Waals surface area contributed by atoms with E-state index in [-0.39, 0.29) is 11.7 Å². The molecule has 4 heteroatoms. The number of nitrogen functional groups attached to an aromatic ring is 1. The van der Waals surface area contributed by atoms with Gasteiger partial charge >= 0.3 is 0 Å². The van der Waals surface area contributed by atoms with Gasteiger partial charge in [0.25, 0.3) is 5.91 Å². The summed E-state index contributed by atoms with van der Waals surface area (Å²) < 4.78 is 0. The van der Waals surface area contributed by atoms with E-state index in [9.17, 15) is 4.79 Å². The molecule has 2 aromatic rings. The standard InChI is InChI=1S/C15H17N3O/c1-3-18(12-7-4-6-11(2)10-12)15(19)13-8-5-9-17-14(13)16/h4-10H,3H2,1-2H3,(H2,16,17). The van der Waals surface area contributed by atoms with Gasteiger partial charge in [0.15, 0.2) is 0 Å². The fourth-order valence-electron chi connectivity index (χ4n) is 1.98. The fraction of sp³-hybridized carbons (Fsp3) is 0.200. The molecular weight excluding hydrogens is 238 g/mol. The van der Waals surface area contributed by atoms with Crippen LogP contribution < -0.4 is 10.6 Å². The van der Waals surface area contributed by atoms with E-state index in [4.69, 9.17) is 5.73 Å². The van der Waals surface area contributed by atoms with Crippen LogP contribution in [-0.4, -0.2) is 17.4 Å². The van der Waals surface area contributed by atoms with Crippen LogP contribution in [0.4, 0.5) is 11.5 Å². The van der Waals surface area contributed by atoms with Crippen molar-refractivity contribution in [3.8, 4) is 0 Å². The van der Waals surface area contributed by atoms with E-state index in [1.165, 1.54) is 0 Å². The number of nitrogens with two attached hydrogens (primary N) is 1. The van der Waals surface area contributed by atoms with Crippen LogP contribution >= 0.6 is 0 Å². The third-order valence-electron chi connectivity index (χ3n) is 2.94. The Balaban J connectivity index is 2.38. The molecule has 1 aromatic heterocycles. The van der Waals surface area contributed by atoms with Crippen LogP contribution in [0.1, 0.15) is 22.8 Å². The first-order valence-corrected chi connectivity index (χ1v) is 6.22. The molecule has 0 aliphatic rings. The minimum atomic E-state index is -0.126. The summed E-state index contributed by atoms with van der Waals surface area (Å²) in [6, 6.07) is 11.2. The van der Waals surface area contributed by atoms with Crippen LogP contribution in [0.2, 0.25) is 0 Å². The Hall–Kier alpha value is -2.36. The smallest absolute Gasteiger partial charge is 0.261 e. The van der Waals surface area contributed by atoms with E-state index in [0.29, 0.717) is 12.1 Å². The molecule has 4 nitrogen and oxygen atoms in total. The molecule has 0 aliphatic heterocycles. The molecule has 1 aromatic carbocycles. The normalized spacial score (nSPS) is 10.2. The van der Waals surface area contributed by atoms with Gasteiger partial charge in [-0.1, -0.05) is 12.1 Å². The van der Waals surface area contributed by atoms with Crippen LogP contribution in [-0.2, 0) is 0 Å². The van der Waals surface area contributed by atoms with E-state index >= 15 is 0 Å². The maximum absolute atomic E-state index is 12.5. The lowest BCUT2D eigenvalue weighted by Gasteiger charge is -2.22. The largest absolute Gasteiger partial charge is 0.383 e. The van der Waals surface area contributed by atoms with Crippen molar-refractivity contribution in [3.63, 3.8) is 0 Å². The van der Waals surface area contributed by atoms with Gasteiger partial charge in [0.05, 0.1) is 5.56 Å². The van der Waals surface area contributed by atoms with Crippen LogP contribution in [0.5, 0.6) is 0 Å². The van der Waals surface area contributed by atoms with Crippen molar-refractivity contribution in [2.45, 2.75) is 13.8 Å². The van der Waals surface area contributed by atoms with Gasteiger partial charge in [0, 0.05) is 18.4 Å². The van der Waals surface area contributed by atoms with Gasteiger partial charge in [-0.2, -0.15) is 0 Å². The Labute approximate surface area is 112 Å². The lowest BCUT2D eigenvalue weighted by atomic mass is 10.1. The quantitative estimate of drug-likeness (QED) is 0.917. The van der Waals surface area contributed by atoms with Gasteiger partial charge in [0.2, 0.25) is 0 Å². The molecule has 98 valence electrons. The molecule has 0 spiro atoms. The van der Waals surface area contributed by atoms with E-state index in [1.807, 2.05) is 38.1 Å². The van der Waals surface area contributed by atoms with Crippen molar-refractivity contribution >= 4 is 17.4 Å². The Kier molecular flexibility index (Phi) is 3.80. The predicted octanol–water partition coefficient (Wildman–Crippen LogP) is 2.64. The SMILES string of the molecule is CCN(C(=O)c1cccnc1N)c1cccc(C)c1. The highest BCUT2D eigenvalue weighted by atomic mass is 16.2. The fourth-order valence-corrected chi connectivity index (χ4v) is 1.98. The maximum atomic E-state index is 12.5.